The van der Waals surface area contributed by atoms with Crippen LogP contribution in [0.25, 0.3) is 10.9 Å². The van der Waals surface area contributed by atoms with Gasteiger partial charge in [-0.25, -0.2) is 0 Å². The minimum Gasteiger partial charge on any atom is -0.347 e. The van der Waals surface area contributed by atoms with E-state index in [4.69, 9.17) is 5.73 Å². The van der Waals surface area contributed by atoms with Gasteiger partial charge in [-0.15, -0.1) is 0 Å². The number of benzene rings is 1. The first-order chi connectivity index (χ1) is 9.26. The normalized spacial score (nSPS) is 13.0. The molecule has 19 heavy (non-hydrogen) atoms. The average Bonchev–Trinajstić information content (AvgIpc) is 2.75. The van der Waals surface area contributed by atoms with Crippen LogP contribution in [0.5, 0.6) is 0 Å². The van der Waals surface area contributed by atoms with Gasteiger partial charge in [0.25, 0.3) is 0 Å². The Morgan fingerprint density at radius 1 is 1.26 bits per heavy atom. The summed E-state index contributed by atoms with van der Waals surface area (Å²) < 4.78 is 2.43. The Labute approximate surface area is 116 Å². The predicted octanol–water partition coefficient (Wildman–Crippen LogP) is 3.97. The molecule has 0 bridgehead atoms. The number of hydrogen-bond acceptors (Lipinski definition) is 1. The maximum atomic E-state index is 5.64. The molecule has 2 rings (SSSR count). The lowest BCUT2D eigenvalue weighted by atomic mass is 10.1. The molecule has 1 heterocycles. The summed E-state index contributed by atoms with van der Waals surface area (Å²) in [6.45, 7) is 6.50. The number of para-hydroxylation sites is 1. The van der Waals surface area contributed by atoms with Gasteiger partial charge in [-0.2, -0.15) is 0 Å². The number of aryl methyl sites for hydroxylation is 1. The minimum absolute atomic E-state index is 0.739. The van der Waals surface area contributed by atoms with Crippen molar-refractivity contribution in [3.63, 3.8) is 0 Å². The van der Waals surface area contributed by atoms with E-state index in [-0.39, 0.29) is 0 Å². The Morgan fingerprint density at radius 2 is 2.05 bits per heavy atom. The van der Waals surface area contributed by atoms with Crippen LogP contribution in [-0.4, -0.2) is 11.1 Å². The van der Waals surface area contributed by atoms with Gasteiger partial charge < -0.3 is 10.3 Å². The van der Waals surface area contributed by atoms with E-state index in [2.05, 4.69) is 48.9 Å². The first-order valence-corrected chi connectivity index (χ1v) is 7.53. The molecular weight excluding hydrogens is 232 g/mol. The zero-order valence-corrected chi connectivity index (χ0v) is 12.2. The topological polar surface area (TPSA) is 30.9 Å². The summed E-state index contributed by atoms with van der Waals surface area (Å²) in [5.74, 6) is 0.739. The van der Waals surface area contributed by atoms with Crippen LogP contribution in [0.15, 0.2) is 30.5 Å². The van der Waals surface area contributed by atoms with Crippen LogP contribution in [0, 0.1) is 5.92 Å². The van der Waals surface area contributed by atoms with E-state index in [9.17, 15) is 0 Å². The lowest BCUT2D eigenvalue weighted by molar-refractivity contribution is 0.453. The van der Waals surface area contributed by atoms with Gasteiger partial charge in [0.2, 0.25) is 0 Å². The average molecular weight is 258 g/mol. The Morgan fingerprint density at radius 3 is 2.79 bits per heavy atom. The first-order valence-electron chi connectivity index (χ1n) is 7.53. The molecule has 0 aliphatic rings. The van der Waals surface area contributed by atoms with Gasteiger partial charge in [0.1, 0.15) is 0 Å². The first kappa shape index (κ1) is 14.1. The van der Waals surface area contributed by atoms with Gasteiger partial charge >= 0.3 is 0 Å². The van der Waals surface area contributed by atoms with Crippen molar-refractivity contribution in [2.45, 2.75) is 46.1 Å². The molecule has 2 N–H and O–H groups in total. The summed E-state index contributed by atoms with van der Waals surface area (Å²) in [6.07, 6.45) is 7.06. The smallest absolute Gasteiger partial charge is 0.0483 e. The van der Waals surface area contributed by atoms with Crippen molar-refractivity contribution in [1.82, 2.24) is 4.57 Å². The fourth-order valence-corrected chi connectivity index (χ4v) is 2.89. The van der Waals surface area contributed by atoms with Gasteiger partial charge in [-0.3, -0.25) is 0 Å². The van der Waals surface area contributed by atoms with Crippen molar-refractivity contribution in [2.75, 3.05) is 6.54 Å². The zero-order valence-electron chi connectivity index (χ0n) is 12.2. The number of aromatic nitrogens is 1. The van der Waals surface area contributed by atoms with Crippen molar-refractivity contribution in [3.8, 4) is 0 Å². The third-order valence-electron chi connectivity index (χ3n) is 3.81. The summed E-state index contributed by atoms with van der Waals surface area (Å²) in [5, 5.41) is 1.40. The van der Waals surface area contributed by atoms with Crippen LogP contribution in [0.2, 0.25) is 0 Å². The van der Waals surface area contributed by atoms with Crippen LogP contribution in [0.3, 0.4) is 0 Å². The summed E-state index contributed by atoms with van der Waals surface area (Å²) in [6, 6.07) is 8.74. The fourth-order valence-electron chi connectivity index (χ4n) is 2.89. The van der Waals surface area contributed by atoms with Gasteiger partial charge in [0.15, 0.2) is 0 Å². The number of fused-ring (bicyclic) bond motifs is 1. The molecule has 104 valence electrons. The van der Waals surface area contributed by atoms with E-state index < -0.39 is 0 Å². The highest BCUT2D eigenvalue weighted by atomic mass is 15.0. The third kappa shape index (κ3) is 3.38. The lowest BCUT2D eigenvalue weighted by Gasteiger charge is -2.12. The molecule has 0 saturated carbocycles. The van der Waals surface area contributed by atoms with E-state index in [1.165, 1.54) is 29.3 Å². The van der Waals surface area contributed by atoms with Crippen molar-refractivity contribution < 1.29 is 0 Å². The highest BCUT2D eigenvalue weighted by Gasteiger charge is 2.09. The molecule has 1 unspecified atom stereocenters. The quantitative estimate of drug-likeness (QED) is 0.800. The van der Waals surface area contributed by atoms with Crippen LogP contribution in [-0.2, 0) is 13.0 Å². The monoisotopic (exact) mass is 258 g/mol. The summed E-state index contributed by atoms with van der Waals surface area (Å²) >= 11 is 0. The fraction of sp³-hybridized carbons (Fsp3) is 0.529. The Bertz CT molecular complexity index is 513. The van der Waals surface area contributed by atoms with E-state index in [1.807, 2.05) is 0 Å². The molecule has 1 aromatic heterocycles. The second-order valence-electron chi connectivity index (χ2n) is 5.61. The van der Waals surface area contributed by atoms with E-state index >= 15 is 0 Å². The molecule has 0 amide bonds. The van der Waals surface area contributed by atoms with Gasteiger partial charge in [0.05, 0.1) is 0 Å². The Balaban J connectivity index is 2.27. The molecule has 0 radical (unpaired) electrons. The molecule has 0 fully saturated rings. The van der Waals surface area contributed by atoms with Crippen LogP contribution in [0.1, 0.15) is 38.7 Å². The SMILES string of the molecule is CCCC(C)Cn1cc(CCCN)c2ccccc21. The molecule has 0 spiro atoms. The maximum Gasteiger partial charge on any atom is 0.0483 e. The van der Waals surface area contributed by atoms with E-state index in [1.54, 1.807) is 0 Å². The number of hydrogen-bond donors (Lipinski definition) is 1. The largest absolute Gasteiger partial charge is 0.347 e. The molecule has 0 aliphatic heterocycles. The van der Waals surface area contributed by atoms with Gasteiger partial charge in [-0.1, -0.05) is 38.5 Å². The molecule has 0 aliphatic carbocycles. The highest BCUT2D eigenvalue weighted by Crippen LogP contribution is 2.24. The minimum atomic E-state index is 0.739. The highest BCUT2D eigenvalue weighted by molar-refractivity contribution is 5.83. The summed E-state index contributed by atoms with van der Waals surface area (Å²) in [7, 11) is 0. The number of rotatable bonds is 7. The molecular formula is C17H26N2. The zero-order chi connectivity index (χ0) is 13.7. The van der Waals surface area contributed by atoms with Crippen LogP contribution >= 0.6 is 0 Å². The van der Waals surface area contributed by atoms with E-state index in [0.29, 0.717) is 0 Å². The predicted molar refractivity (Wildman–Crippen MR) is 83.4 cm³/mol. The van der Waals surface area contributed by atoms with Crippen molar-refractivity contribution >= 4 is 10.9 Å². The molecule has 2 heteroatoms. The number of nitrogens with two attached hydrogens (primary N) is 1. The summed E-state index contributed by atoms with van der Waals surface area (Å²) in [5.41, 5.74) is 8.46. The second-order valence-corrected chi connectivity index (χ2v) is 5.61. The van der Waals surface area contributed by atoms with Gasteiger partial charge in [0, 0.05) is 23.6 Å². The van der Waals surface area contributed by atoms with Crippen LogP contribution in [0.4, 0.5) is 0 Å². The van der Waals surface area contributed by atoms with Gasteiger partial charge in [-0.05, 0) is 43.4 Å². The Hall–Kier alpha value is -1.28. The summed E-state index contributed by atoms with van der Waals surface area (Å²) in [4.78, 5) is 0. The maximum absolute atomic E-state index is 5.64. The molecule has 1 aromatic carbocycles. The molecule has 1 atom stereocenters. The lowest BCUT2D eigenvalue weighted by Crippen LogP contribution is -2.06. The second kappa shape index (κ2) is 6.76. The molecule has 2 aromatic rings. The molecule has 0 saturated heterocycles. The Kier molecular flexibility index (Phi) is 5.03. The number of nitrogens with zero attached hydrogens (tertiary/aromatic N) is 1. The standard InChI is InChI=1S/C17H26N2/c1-3-7-14(2)12-19-13-15(8-6-11-18)16-9-4-5-10-17(16)19/h4-5,9-10,13-14H,3,6-8,11-12,18H2,1-2H3. The van der Waals surface area contributed by atoms with Crippen LogP contribution < -0.4 is 5.73 Å². The third-order valence-corrected chi connectivity index (χ3v) is 3.81. The van der Waals surface area contributed by atoms with Crippen molar-refractivity contribution in [1.29, 1.82) is 0 Å². The molecule has 2 nitrogen and oxygen atoms in total. The van der Waals surface area contributed by atoms with E-state index in [0.717, 1.165) is 31.8 Å². The van der Waals surface area contributed by atoms with Crippen molar-refractivity contribution in [3.05, 3.63) is 36.0 Å². The van der Waals surface area contributed by atoms with Crippen molar-refractivity contribution in [2.24, 2.45) is 11.7 Å².